The summed E-state index contributed by atoms with van der Waals surface area (Å²) < 4.78 is 0. The van der Waals surface area contributed by atoms with Gasteiger partial charge in [0.15, 0.2) is 0 Å². The zero-order valence-corrected chi connectivity index (χ0v) is 11.9. The maximum absolute atomic E-state index is 6.21. The number of halogens is 2. The molecule has 0 spiro atoms. The molecule has 0 bridgehead atoms. The molecule has 3 atom stereocenters. The lowest BCUT2D eigenvalue weighted by molar-refractivity contribution is 0.388. The molecule has 1 saturated carbocycles. The summed E-state index contributed by atoms with van der Waals surface area (Å²) in [5.41, 5.74) is 1.10. The van der Waals surface area contributed by atoms with E-state index in [4.69, 9.17) is 23.2 Å². The summed E-state index contributed by atoms with van der Waals surface area (Å²) in [4.78, 5) is 0. The summed E-state index contributed by atoms with van der Waals surface area (Å²) in [6.45, 7) is 4.47. The highest BCUT2D eigenvalue weighted by Crippen LogP contribution is 2.30. The van der Waals surface area contributed by atoms with Crippen LogP contribution in [0.15, 0.2) is 18.2 Å². The molecule has 1 N–H and O–H groups in total. The highest BCUT2D eigenvalue weighted by molar-refractivity contribution is 6.33. The molecule has 0 heterocycles. The minimum Gasteiger partial charge on any atom is -0.307 e. The number of hydrogen-bond donors (Lipinski definition) is 1. The van der Waals surface area contributed by atoms with E-state index in [2.05, 4.69) is 19.2 Å². The average molecular weight is 272 g/mol. The first-order chi connectivity index (χ1) is 8.08. The number of hydrogen-bond acceptors (Lipinski definition) is 1. The van der Waals surface area contributed by atoms with Crippen LogP contribution in [-0.4, -0.2) is 6.04 Å². The van der Waals surface area contributed by atoms with Crippen LogP contribution in [0.2, 0.25) is 10.0 Å². The topological polar surface area (TPSA) is 12.0 Å². The Morgan fingerprint density at radius 2 is 2.06 bits per heavy atom. The van der Waals surface area contributed by atoms with Gasteiger partial charge in [-0.3, -0.25) is 0 Å². The summed E-state index contributed by atoms with van der Waals surface area (Å²) in [6.07, 6.45) is 3.92. The Balaban J connectivity index is 2.08. The smallest absolute Gasteiger partial charge is 0.0454 e. The molecule has 0 amide bonds. The number of benzene rings is 1. The van der Waals surface area contributed by atoms with Crippen molar-refractivity contribution in [3.63, 3.8) is 0 Å². The molecular weight excluding hydrogens is 253 g/mol. The first kappa shape index (κ1) is 13.2. The van der Waals surface area contributed by atoms with Crippen LogP contribution in [0.5, 0.6) is 0 Å². The van der Waals surface area contributed by atoms with Gasteiger partial charge in [0.05, 0.1) is 0 Å². The Hall–Kier alpha value is -0.240. The van der Waals surface area contributed by atoms with Crippen molar-refractivity contribution >= 4 is 23.2 Å². The Kier molecular flexibility index (Phi) is 4.35. The first-order valence-electron chi connectivity index (χ1n) is 6.29. The van der Waals surface area contributed by atoms with Crippen LogP contribution in [0.3, 0.4) is 0 Å². The Bertz CT molecular complexity index is 392. The third-order valence-corrected chi connectivity index (χ3v) is 4.33. The maximum Gasteiger partial charge on any atom is 0.0454 e. The fourth-order valence-electron chi connectivity index (χ4n) is 2.65. The lowest BCUT2D eigenvalue weighted by Crippen LogP contribution is -2.33. The van der Waals surface area contributed by atoms with Crippen molar-refractivity contribution < 1.29 is 0 Å². The normalized spacial score (nSPS) is 26.1. The standard InChI is InChI=1S/C14H19Cl2N/c1-9-4-3-5-14(9)17-10(2)12-8-11(15)6-7-13(12)16/h6-10,14,17H,3-5H2,1-2H3. The van der Waals surface area contributed by atoms with Crippen LogP contribution < -0.4 is 5.32 Å². The van der Waals surface area contributed by atoms with Crippen LogP contribution in [0.25, 0.3) is 0 Å². The van der Waals surface area contributed by atoms with Crippen molar-refractivity contribution in [3.8, 4) is 0 Å². The van der Waals surface area contributed by atoms with Gasteiger partial charge in [-0.05, 0) is 49.4 Å². The fourth-order valence-corrected chi connectivity index (χ4v) is 3.11. The molecule has 0 saturated heterocycles. The van der Waals surface area contributed by atoms with E-state index >= 15 is 0 Å². The lowest BCUT2D eigenvalue weighted by Gasteiger charge is -2.24. The van der Waals surface area contributed by atoms with E-state index < -0.39 is 0 Å². The molecule has 1 nitrogen and oxygen atoms in total. The zero-order valence-electron chi connectivity index (χ0n) is 10.3. The maximum atomic E-state index is 6.21. The van der Waals surface area contributed by atoms with Gasteiger partial charge >= 0.3 is 0 Å². The second kappa shape index (κ2) is 5.60. The summed E-state index contributed by atoms with van der Waals surface area (Å²) in [5, 5.41) is 5.21. The Morgan fingerprint density at radius 1 is 1.29 bits per heavy atom. The van der Waals surface area contributed by atoms with Crippen molar-refractivity contribution in [1.29, 1.82) is 0 Å². The van der Waals surface area contributed by atoms with E-state index in [0.29, 0.717) is 6.04 Å². The molecule has 3 heteroatoms. The van der Waals surface area contributed by atoms with Crippen LogP contribution in [0.1, 0.15) is 44.7 Å². The summed E-state index contributed by atoms with van der Waals surface area (Å²) >= 11 is 12.2. The quantitative estimate of drug-likeness (QED) is 0.830. The average Bonchev–Trinajstić information content (AvgIpc) is 2.68. The molecule has 3 unspecified atom stereocenters. The van der Waals surface area contributed by atoms with Gasteiger partial charge in [0.2, 0.25) is 0 Å². The Labute approximate surface area is 114 Å². The van der Waals surface area contributed by atoms with Gasteiger partial charge in [0, 0.05) is 22.1 Å². The summed E-state index contributed by atoms with van der Waals surface area (Å²) in [5.74, 6) is 0.760. The number of nitrogens with one attached hydrogen (secondary N) is 1. The first-order valence-corrected chi connectivity index (χ1v) is 7.04. The van der Waals surface area contributed by atoms with E-state index in [9.17, 15) is 0 Å². The van der Waals surface area contributed by atoms with Gasteiger partial charge in [-0.1, -0.05) is 36.5 Å². The van der Waals surface area contributed by atoms with Gasteiger partial charge in [-0.15, -0.1) is 0 Å². The molecule has 94 valence electrons. The van der Waals surface area contributed by atoms with E-state index in [1.54, 1.807) is 0 Å². The zero-order chi connectivity index (χ0) is 12.4. The molecule has 2 rings (SSSR count). The molecular formula is C14H19Cl2N. The predicted octanol–water partition coefficient (Wildman–Crippen LogP) is 4.83. The van der Waals surface area contributed by atoms with E-state index in [-0.39, 0.29) is 6.04 Å². The van der Waals surface area contributed by atoms with Gasteiger partial charge in [-0.2, -0.15) is 0 Å². The van der Waals surface area contributed by atoms with Crippen molar-refractivity contribution in [2.45, 2.75) is 45.2 Å². The van der Waals surface area contributed by atoms with Crippen LogP contribution >= 0.6 is 23.2 Å². The van der Waals surface area contributed by atoms with E-state index in [0.717, 1.165) is 21.5 Å². The highest BCUT2D eigenvalue weighted by atomic mass is 35.5. The molecule has 0 aliphatic heterocycles. The predicted molar refractivity (Wildman–Crippen MR) is 74.8 cm³/mol. The van der Waals surface area contributed by atoms with Crippen molar-refractivity contribution in [3.05, 3.63) is 33.8 Å². The van der Waals surface area contributed by atoms with Gasteiger partial charge in [0.25, 0.3) is 0 Å². The monoisotopic (exact) mass is 271 g/mol. The largest absolute Gasteiger partial charge is 0.307 e. The third-order valence-electron chi connectivity index (χ3n) is 3.75. The van der Waals surface area contributed by atoms with Crippen LogP contribution in [-0.2, 0) is 0 Å². The minimum atomic E-state index is 0.256. The fraction of sp³-hybridized carbons (Fsp3) is 0.571. The second-order valence-corrected chi connectivity index (χ2v) is 5.91. The Morgan fingerprint density at radius 3 is 2.71 bits per heavy atom. The second-order valence-electron chi connectivity index (χ2n) is 5.07. The van der Waals surface area contributed by atoms with Crippen molar-refractivity contribution in [2.75, 3.05) is 0 Å². The molecule has 1 aliphatic rings. The van der Waals surface area contributed by atoms with E-state index in [1.165, 1.54) is 19.3 Å². The molecule has 0 aromatic heterocycles. The highest BCUT2D eigenvalue weighted by Gasteiger charge is 2.25. The van der Waals surface area contributed by atoms with Crippen LogP contribution in [0.4, 0.5) is 0 Å². The molecule has 1 aliphatic carbocycles. The lowest BCUT2D eigenvalue weighted by atomic mass is 10.0. The van der Waals surface area contributed by atoms with Gasteiger partial charge < -0.3 is 5.32 Å². The van der Waals surface area contributed by atoms with Gasteiger partial charge in [0.1, 0.15) is 0 Å². The molecule has 0 radical (unpaired) electrons. The SMILES string of the molecule is CC(NC1CCCC1C)c1cc(Cl)ccc1Cl. The summed E-state index contributed by atoms with van der Waals surface area (Å²) in [6, 6.07) is 6.53. The van der Waals surface area contributed by atoms with Crippen LogP contribution in [0, 0.1) is 5.92 Å². The minimum absolute atomic E-state index is 0.256. The van der Waals surface area contributed by atoms with Crippen molar-refractivity contribution in [2.24, 2.45) is 5.92 Å². The number of rotatable bonds is 3. The molecule has 1 fully saturated rings. The molecule has 17 heavy (non-hydrogen) atoms. The van der Waals surface area contributed by atoms with Crippen molar-refractivity contribution in [1.82, 2.24) is 5.32 Å². The molecule has 1 aromatic carbocycles. The third kappa shape index (κ3) is 3.15. The van der Waals surface area contributed by atoms with E-state index in [1.807, 2.05) is 18.2 Å². The summed E-state index contributed by atoms with van der Waals surface area (Å²) in [7, 11) is 0. The molecule has 1 aromatic rings. The van der Waals surface area contributed by atoms with Gasteiger partial charge in [-0.25, -0.2) is 0 Å².